The third-order valence-electron chi connectivity index (χ3n) is 1.52. The smallest absolute Gasteiger partial charge is 0.227 e. The van der Waals surface area contributed by atoms with Crippen molar-refractivity contribution in [2.24, 2.45) is 0 Å². The van der Waals surface area contributed by atoms with Gasteiger partial charge in [-0.15, -0.1) is 0 Å². The first-order valence-electron chi connectivity index (χ1n) is 3.66. The second-order valence-corrected chi connectivity index (χ2v) is 4.89. The number of hydrogen-bond acceptors (Lipinski definition) is 3. The van der Waals surface area contributed by atoms with Crippen LogP contribution in [0.3, 0.4) is 0 Å². The standard InChI is InChI=1S/C7H12N2O2S/c1-6(2)9-5-4-8-7(9)12(3,10)11/h4-6H,1-3H3. The second kappa shape index (κ2) is 2.90. The first-order chi connectivity index (χ1) is 5.43. The van der Waals surface area contributed by atoms with E-state index in [2.05, 4.69) is 4.98 Å². The number of aromatic nitrogens is 2. The van der Waals surface area contributed by atoms with Gasteiger partial charge in [-0.2, -0.15) is 0 Å². The van der Waals surface area contributed by atoms with Crippen molar-refractivity contribution in [1.82, 2.24) is 9.55 Å². The molecule has 0 aliphatic carbocycles. The molecule has 0 N–H and O–H groups in total. The zero-order chi connectivity index (χ0) is 9.35. The molecule has 0 bridgehead atoms. The molecule has 68 valence electrons. The zero-order valence-electron chi connectivity index (χ0n) is 7.35. The van der Waals surface area contributed by atoms with Crippen LogP contribution in [0.5, 0.6) is 0 Å². The van der Waals surface area contributed by atoms with E-state index in [-0.39, 0.29) is 11.2 Å². The van der Waals surface area contributed by atoms with Gasteiger partial charge in [-0.05, 0) is 13.8 Å². The Bertz CT molecular complexity index is 365. The molecular weight excluding hydrogens is 176 g/mol. The molecule has 0 fully saturated rings. The Morgan fingerprint density at radius 2 is 2.08 bits per heavy atom. The first-order valence-corrected chi connectivity index (χ1v) is 5.55. The van der Waals surface area contributed by atoms with E-state index in [4.69, 9.17) is 0 Å². The summed E-state index contributed by atoms with van der Waals surface area (Å²) >= 11 is 0. The molecule has 5 heteroatoms. The average molecular weight is 188 g/mol. The molecule has 1 aromatic rings. The van der Waals surface area contributed by atoms with E-state index in [1.54, 1.807) is 10.8 Å². The van der Waals surface area contributed by atoms with Crippen molar-refractivity contribution in [2.45, 2.75) is 25.0 Å². The van der Waals surface area contributed by atoms with Crippen molar-refractivity contribution < 1.29 is 8.42 Å². The molecule has 0 radical (unpaired) electrons. The summed E-state index contributed by atoms with van der Waals surface area (Å²) in [6.45, 7) is 3.83. The normalized spacial score (nSPS) is 12.3. The Kier molecular flexibility index (Phi) is 2.23. The maximum Gasteiger partial charge on any atom is 0.227 e. The van der Waals surface area contributed by atoms with Crippen LogP contribution in [0, 0.1) is 0 Å². The summed E-state index contributed by atoms with van der Waals surface area (Å²) in [4.78, 5) is 3.78. The monoisotopic (exact) mass is 188 g/mol. The molecule has 0 atom stereocenters. The van der Waals surface area contributed by atoms with Gasteiger partial charge in [0, 0.05) is 24.7 Å². The molecule has 0 saturated carbocycles. The van der Waals surface area contributed by atoms with E-state index < -0.39 is 9.84 Å². The fraction of sp³-hybridized carbons (Fsp3) is 0.571. The van der Waals surface area contributed by atoms with Crippen LogP contribution in [-0.2, 0) is 9.84 Å². The van der Waals surface area contributed by atoms with Gasteiger partial charge in [0.25, 0.3) is 0 Å². The predicted molar refractivity (Wildman–Crippen MR) is 45.7 cm³/mol. The molecule has 0 aromatic carbocycles. The summed E-state index contributed by atoms with van der Waals surface area (Å²) in [5, 5.41) is 0.137. The molecule has 12 heavy (non-hydrogen) atoms. The van der Waals surface area contributed by atoms with Gasteiger partial charge < -0.3 is 4.57 Å². The second-order valence-electron chi connectivity index (χ2n) is 2.98. The van der Waals surface area contributed by atoms with Gasteiger partial charge >= 0.3 is 0 Å². The lowest BCUT2D eigenvalue weighted by atomic mass is 10.4. The number of nitrogens with zero attached hydrogens (tertiary/aromatic N) is 2. The van der Waals surface area contributed by atoms with E-state index in [1.807, 2.05) is 13.8 Å². The Balaban J connectivity index is 3.26. The van der Waals surface area contributed by atoms with Crippen molar-refractivity contribution in [3.63, 3.8) is 0 Å². The fourth-order valence-electron chi connectivity index (χ4n) is 0.980. The van der Waals surface area contributed by atoms with Gasteiger partial charge in [-0.1, -0.05) is 0 Å². The minimum absolute atomic E-state index is 0.122. The Morgan fingerprint density at radius 3 is 2.42 bits per heavy atom. The summed E-state index contributed by atoms with van der Waals surface area (Å²) in [5.74, 6) is 0. The third-order valence-corrected chi connectivity index (χ3v) is 2.50. The zero-order valence-corrected chi connectivity index (χ0v) is 8.17. The average Bonchev–Trinajstić information content (AvgIpc) is 2.30. The highest BCUT2D eigenvalue weighted by molar-refractivity contribution is 7.90. The number of sulfone groups is 1. The van der Waals surface area contributed by atoms with Crippen LogP contribution < -0.4 is 0 Å². The largest absolute Gasteiger partial charge is 0.319 e. The van der Waals surface area contributed by atoms with Crippen LogP contribution in [0.4, 0.5) is 0 Å². The summed E-state index contributed by atoms with van der Waals surface area (Å²) in [6.07, 6.45) is 4.33. The lowest BCUT2D eigenvalue weighted by Crippen LogP contribution is -2.10. The molecule has 0 aliphatic rings. The number of rotatable bonds is 2. The summed E-state index contributed by atoms with van der Waals surface area (Å²) < 4.78 is 23.9. The molecule has 4 nitrogen and oxygen atoms in total. The number of hydrogen-bond donors (Lipinski definition) is 0. The molecular formula is C7H12N2O2S. The van der Waals surface area contributed by atoms with Gasteiger partial charge in [0.15, 0.2) is 0 Å². The Labute approximate surface area is 72.2 Å². The molecule has 0 saturated heterocycles. The van der Waals surface area contributed by atoms with Crippen LogP contribution in [0.15, 0.2) is 17.6 Å². The lowest BCUT2D eigenvalue weighted by molar-refractivity contribution is 0.523. The van der Waals surface area contributed by atoms with E-state index in [9.17, 15) is 8.42 Å². The van der Waals surface area contributed by atoms with Crippen LogP contribution in [0.25, 0.3) is 0 Å². The van der Waals surface area contributed by atoms with Crippen LogP contribution in [0.2, 0.25) is 0 Å². The SMILES string of the molecule is CC(C)n1ccnc1S(C)(=O)=O. The van der Waals surface area contributed by atoms with Crippen LogP contribution in [0.1, 0.15) is 19.9 Å². The van der Waals surface area contributed by atoms with Crippen molar-refractivity contribution >= 4 is 9.84 Å². The maximum atomic E-state index is 11.1. The van der Waals surface area contributed by atoms with Gasteiger partial charge in [0.05, 0.1) is 0 Å². The summed E-state index contributed by atoms with van der Waals surface area (Å²) in [7, 11) is -3.18. The molecule has 0 amide bonds. The molecule has 0 aliphatic heterocycles. The molecule has 1 heterocycles. The third kappa shape index (κ3) is 1.66. The predicted octanol–water partition coefficient (Wildman–Crippen LogP) is 0.868. The van der Waals surface area contributed by atoms with Gasteiger partial charge in [0.2, 0.25) is 15.0 Å². The van der Waals surface area contributed by atoms with E-state index in [1.165, 1.54) is 6.20 Å². The Hall–Kier alpha value is -0.840. The van der Waals surface area contributed by atoms with Crippen molar-refractivity contribution in [2.75, 3.05) is 6.26 Å². The van der Waals surface area contributed by atoms with Crippen molar-refractivity contribution in [3.05, 3.63) is 12.4 Å². The van der Waals surface area contributed by atoms with Gasteiger partial charge in [-0.25, -0.2) is 13.4 Å². The van der Waals surface area contributed by atoms with Crippen LogP contribution >= 0.6 is 0 Å². The van der Waals surface area contributed by atoms with E-state index >= 15 is 0 Å². The molecule has 0 unspecified atom stereocenters. The first kappa shape index (κ1) is 9.25. The molecule has 0 spiro atoms. The highest BCUT2D eigenvalue weighted by Gasteiger charge is 2.15. The Morgan fingerprint density at radius 1 is 1.50 bits per heavy atom. The van der Waals surface area contributed by atoms with Gasteiger partial charge in [-0.3, -0.25) is 0 Å². The van der Waals surface area contributed by atoms with E-state index in [0.29, 0.717) is 0 Å². The molecule has 1 aromatic heterocycles. The summed E-state index contributed by atoms with van der Waals surface area (Å²) in [6, 6.07) is 0.122. The minimum atomic E-state index is -3.18. The fourth-order valence-corrected chi connectivity index (χ4v) is 1.89. The van der Waals surface area contributed by atoms with Crippen molar-refractivity contribution in [1.29, 1.82) is 0 Å². The topological polar surface area (TPSA) is 52.0 Å². The highest BCUT2D eigenvalue weighted by Crippen LogP contribution is 2.12. The van der Waals surface area contributed by atoms with Gasteiger partial charge in [0.1, 0.15) is 0 Å². The molecule has 1 rings (SSSR count). The maximum absolute atomic E-state index is 11.1. The quantitative estimate of drug-likeness (QED) is 0.692. The highest BCUT2D eigenvalue weighted by atomic mass is 32.2. The summed E-state index contributed by atoms with van der Waals surface area (Å²) in [5.41, 5.74) is 0. The van der Waals surface area contributed by atoms with Crippen molar-refractivity contribution in [3.8, 4) is 0 Å². The minimum Gasteiger partial charge on any atom is -0.319 e. The lowest BCUT2D eigenvalue weighted by Gasteiger charge is -2.08. The van der Waals surface area contributed by atoms with E-state index in [0.717, 1.165) is 6.26 Å². The number of imidazole rings is 1. The van der Waals surface area contributed by atoms with Crippen LogP contribution in [-0.4, -0.2) is 24.2 Å².